The third kappa shape index (κ3) is 1.90. The Bertz CT molecular complexity index is 321. The molecule has 0 aliphatic carbocycles. The molecule has 1 fully saturated rings. The lowest BCUT2D eigenvalue weighted by Gasteiger charge is -2.12. The molecule has 1 atom stereocenters. The van der Waals surface area contributed by atoms with Crippen molar-refractivity contribution in [1.82, 2.24) is 14.7 Å². The Labute approximate surface area is 84.5 Å². The number of aromatic nitrogens is 2. The molecule has 14 heavy (non-hydrogen) atoms. The molecule has 0 spiro atoms. The maximum absolute atomic E-state index is 5.86. The van der Waals surface area contributed by atoms with Gasteiger partial charge in [0, 0.05) is 26.2 Å². The Morgan fingerprint density at radius 2 is 2.29 bits per heavy atom. The van der Waals surface area contributed by atoms with Gasteiger partial charge in [0.15, 0.2) is 0 Å². The van der Waals surface area contributed by atoms with Crippen molar-refractivity contribution in [2.24, 2.45) is 7.05 Å². The molecule has 78 valence electrons. The lowest BCUT2D eigenvalue weighted by molar-refractivity contribution is 0.191. The second-order valence-electron chi connectivity index (χ2n) is 4.04. The van der Waals surface area contributed by atoms with Gasteiger partial charge < -0.3 is 9.64 Å². The van der Waals surface area contributed by atoms with Gasteiger partial charge in [-0.1, -0.05) is 0 Å². The van der Waals surface area contributed by atoms with Crippen LogP contribution in [-0.4, -0.2) is 40.9 Å². The Morgan fingerprint density at radius 1 is 1.50 bits per heavy atom. The molecule has 0 radical (unpaired) electrons. The maximum atomic E-state index is 5.86. The van der Waals surface area contributed by atoms with Gasteiger partial charge in [-0.2, -0.15) is 5.10 Å². The summed E-state index contributed by atoms with van der Waals surface area (Å²) < 4.78 is 7.66. The zero-order valence-electron chi connectivity index (χ0n) is 9.03. The molecule has 1 aliphatic heterocycles. The van der Waals surface area contributed by atoms with Crippen molar-refractivity contribution >= 4 is 0 Å². The zero-order valence-corrected chi connectivity index (χ0v) is 9.03. The zero-order chi connectivity index (χ0) is 10.1. The minimum Gasteiger partial charge on any atom is -0.473 e. The molecule has 0 N–H and O–H groups in total. The Hall–Kier alpha value is -1.03. The highest BCUT2D eigenvalue weighted by Crippen LogP contribution is 2.17. The van der Waals surface area contributed by atoms with E-state index in [-0.39, 0.29) is 0 Å². The standard InChI is InChI=1S/C10H17N3O/c1-8-6-10(13(3)11-8)14-9-4-5-12(2)7-9/h6,9H,4-5,7H2,1-3H3. The van der Waals surface area contributed by atoms with Crippen molar-refractivity contribution in [3.8, 4) is 5.88 Å². The molecule has 4 nitrogen and oxygen atoms in total. The molecule has 1 aromatic rings. The predicted molar refractivity (Wildman–Crippen MR) is 54.5 cm³/mol. The summed E-state index contributed by atoms with van der Waals surface area (Å²) >= 11 is 0. The van der Waals surface area contributed by atoms with Crippen LogP contribution in [-0.2, 0) is 7.05 Å². The van der Waals surface area contributed by atoms with Crippen LogP contribution in [0.2, 0.25) is 0 Å². The highest BCUT2D eigenvalue weighted by molar-refractivity contribution is 5.15. The van der Waals surface area contributed by atoms with E-state index in [0.717, 1.165) is 31.1 Å². The number of hydrogen-bond donors (Lipinski definition) is 0. The second kappa shape index (κ2) is 3.61. The summed E-state index contributed by atoms with van der Waals surface area (Å²) in [6.07, 6.45) is 1.44. The van der Waals surface area contributed by atoms with Crippen molar-refractivity contribution in [3.05, 3.63) is 11.8 Å². The second-order valence-corrected chi connectivity index (χ2v) is 4.04. The van der Waals surface area contributed by atoms with E-state index in [2.05, 4.69) is 17.0 Å². The molecular formula is C10H17N3O. The summed E-state index contributed by atoms with van der Waals surface area (Å²) in [5, 5.41) is 4.25. The van der Waals surface area contributed by atoms with Gasteiger partial charge in [0.2, 0.25) is 5.88 Å². The average Bonchev–Trinajstić information content (AvgIpc) is 2.61. The summed E-state index contributed by atoms with van der Waals surface area (Å²) in [6.45, 7) is 4.12. The van der Waals surface area contributed by atoms with E-state index in [4.69, 9.17) is 4.74 Å². The van der Waals surface area contributed by atoms with Gasteiger partial charge >= 0.3 is 0 Å². The predicted octanol–water partition coefficient (Wildman–Crippen LogP) is 0.811. The summed E-state index contributed by atoms with van der Waals surface area (Å²) in [7, 11) is 4.04. The van der Waals surface area contributed by atoms with Crippen LogP contribution in [0.5, 0.6) is 5.88 Å². The van der Waals surface area contributed by atoms with E-state index >= 15 is 0 Å². The van der Waals surface area contributed by atoms with Crippen LogP contribution in [0.1, 0.15) is 12.1 Å². The fourth-order valence-electron chi connectivity index (χ4n) is 1.86. The first-order valence-corrected chi connectivity index (χ1v) is 5.01. The van der Waals surface area contributed by atoms with E-state index in [9.17, 15) is 0 Å². The number of likely N-dealkylation sites (tertiary alicyclic amines) is 1. The minimum atomic E-state index is 0.329. The molecule has 0 saturated carbocycles. The lowest BCUT2D eigenvalue weighted by atomic mass is 10.3. The summed E-state index contributed by atoms with van der Waals surface area (Å²) in [5.41, 5.74) is 1.01. The molecule has 4 heteroatoms. The van der Waals surface area contributed by atoms with E-state index in [1.54, 1.807) is 4.68 Å². The van der Waals surface area contributed by atoms with E-state index < -0.39 is 0 Å². The average molecular weight is 195 g/mol. The van der Waals surface area contributed by atoms with Gasteiger partial charge in [-0.05, 0) is 20.4 Å². The van der Waals surface area contributed by atoms with Gasteiger partial charge in [0.05, 0.1) is 5.69 Å². The van der Waals surface area contributed by atoms with Crippen molar-refractivity contribution in [1.29, 1.82) is 0 Å². The smallest absolute Gasteiger partial charge is 0.212 e. The highest BCUT2D eigenvalue weighted by atomic mass is 16.5. The summed E-state index contributed by atoms with van der Waals surface area (Å²) in [5.74, 6) is 0.878. The molecule has 0 aromatic carbocycles. The lowest BCUT2D eigenvalue weighted by Crippen LogP contribution is -2.22. The normalized spacial score (nSPS) is 22.9. The first-order chi connectivity index (χ1) is 6.65. The third-order valence-corrected chi connectivity index (χ3v) is 2.59. The Balaban J connectivity index is 2.00. The van der Waals surface area contributed by atoms with Gasteiger partial charge in [-0.25, -0.2) is 4.68 Å². The molecule has 1 aromatic heterocycles. The number of aryl methyl sites for hydroxylation is 2. The quantitative estimate of drug-likeness (QED) is 0.699. The number of hydrogen-bond acceptors (Lipinski definition) is 3. The Morgan fingerprint density at radius 3 is 2.79 bits per heavy atom. The van der Waals surface area contributed by atoms with Gasteiger partial charge in [0.1, 0.15) is 6.10 Å². The third-order valence-electron chi connectivity index (χ3n) is 2.59. The van der Waals surface area contributed by atoms with Crippen LogP contribution in [0.25, 0.3) is 0 Å². The first-order valence-electron chi connectivity index (χ1n) is 5.01. The molecule has 2 heterocycles. The van der Waals surface area contributed by atoms with Gasteiger partial charge in [0.25, 0.3) is 0 Å². The topological polar surface area (TPSA) is 30.3 Å². The molecule has 0 amide bonds. The number of likely N-dealkylation sites (N-methyl/N-ethyl adjacent to an activating group) is 1. The van der Waals surface area contributed by atoms with Crippen molar-refractivity contribution in [2.75, 3.05) is 20.1 Å². The fourth-order valence-corrected chi connectivity index (χ4v) is 1.86. The maximum Gasteiger partial charge on any atom is 0.212 e. The van der Waals surface area contributed by atoms with Crippen LogP contribution in [0.3, 0.4) is 0 Å². The molecule has 1 unspecified atom stereocenters. The van der Waals surface area contributed by atoms with Crippen LogP contribution in [0, 0.1) is 6.92 Å². The minimum absolute atomic E-state index is 0.329. The fraction of sp³-hybridized carbons (Fsp3) is 0.700. The molecule has 1 saturated heterocycles. The largest absolute Gasteiger partial charge is 0.473 e. The van der Waals surface area contributed by atoms with Crippen molar-refractivity contribution in [3.63, 3.8) is 0 Å². The van der Waals surface area contributed by atoms with Crippen LogP contribution in [0.4, 0.5) is 0 Å². The van der Waals surface area contributed by atoms with Crippen LogP contribution < -0.4 is 4.74 Å². The molecule has 2 rings (SSSR count). The summed E-state index contributed by atoms with van der Waals surface area (Å²) in [6, 6.07) is 1.98. The van der Waals surface area contributed by atoms with Crippen LogP contribution in [0.15, 0.2) is 6.07 Å². The van der Waals surface area contributed by atoms with E-state index in [1.807, 2.05) is 20.0 Å². The monoisotopic (exact) mass is 195 g/mol. The van der Waals surface area contributed by atoms with Gasteiger partial charge in [-0.3, -0.25) is 0 Å². The molecule has 1 aliphatic rings. The van der Waals surface area contributed by atoms with Gasteiger partial charge in [-0.15, -0.1) is 0 Å². The highest BCUT2D eigenvalue weighted by Gasteiger charge is 2.21. The number of rotatable bonds is 2. The number of nitrogens with zero attached hydrogens (tertiary/aromatic N) is 3. The van der Waals surface area contributed by atoms with E-state index in [0.29, 0.717) is 6.10 Å². The van der Waals surface area contributed by atoms with Crippen molar-refractivity contribution in [2.45, 2.75) is 19.4 Å². The van der Waals surface area contributed by atoms with E-state index in [1.165, 1.54) is 0 Å². The SMILES string of the molecule is Cc1cc(OC2CCN(C)C2)n(C)n1. The van der Waals surface area contributed by atoms with Crippen LogP contribution >= 0.6 is 0 Å². The molecule has 0 bridgehead atoms. The number of ether oxygens (including phenoxy) is 1. The molecular weight excluding hydrogens is 178 g/mol. The Kier molecular flexibility index (Phi) is 2.46. The van der Waals surface area contributed by atoms with Crippen molar-refractivity contribution < 1.29 is 4.74 Å². The summed E-state index contributed by atoms with van der Waals surface area (Å²) in [4.78, 5) is 2.29. The first kappa shape index (κ1) is 9.52.